The maximum absolute atomic E-state index is 7.10. The van der Waals surface area contributed by atoms with Gasteiger partial charge in [-0.1, -0.05) is 35.5 Å². The summed E-state index contributed by atoms with van der Waals surface area (Å²) < 4.78 is 7.77. The van der Waals surface area contributed by atoms with Crippen molar-refractivity contribution in [2.45, 2.75) is 68.2 Å². The van der Waals surface area contributed by atoms with Crippen LogP contribution >= 0.6 is 11.6 Å². The van der Waals surface area contributed by atoms with Gasteiger partial charge in [0, 0.05) is 56.9 Å². The lowest BCUT2D eigenvalue weighted by atomic mass is 9.81. The lowest BCUT2D eigenvalue weighted by Gasteiger charge is -2.47. The summed E-state index contributed by atoms with van der Waals surface area (Å²) in [4.78, 5) is 2.85. The van der Waals surface area contributed by atoms with Crippen molar-refractivity contribution in [3.63, 3.8) is 0 Å². The van der Waals surface area contributed by atoms with Crippen LogP contribution in [0.4, 0.5) is 0 Å². The standard InChI is InChI=1S/C26H37ClN6O/c1-16-23(32(2)31-30-16)19-14-21-22(29-15-19)20-8-11-28-26(27)25(20)33(21)24(17-6-4-3-5-7-17)18-9-12-34-13-10-18/h3-7,18-22,24-26,28-29H,8-15H2,1-2H3/t19?,20?,21?,22?,24-,25?,26?/m1/s1. The molecule has 7 nitrogen and oxygen atoms in total. The van der Waals surface area contributed by atoms with Crippen molar-refractivity contribution in [1.82, 2.24) is 30.5 Å². The van der Waals surface area contributed by atoms with Crippen LogP contribution in [-0.4, -0.2) is 69.8 Å². The van der Waals surface area contributed by atoms with Gasteiger partial charge in [-0.2, -0.15) is 0 Å². The summed E-state index contributed by atoms with van der Waals surface area (Å²) >= 11 is 7.10. The predicted molar refractivity (Wildman–Crippen MR) is 133 cm³/mol. The van der Waals surface area contributed by atoms with Crippen LogP contribution in [0.2, 0.25) is 0 Å². The Kier molecular flexibility index (Phi) is 6.41. The number of aromatic nitrogens is 3. The van der Waals surface area contributed by atoms with Gasteiger partial charge in [-0.05, 0) is 56.6 Å². The molecule has 0 aliphatic carbocycles. The van der Waals surface area contributed by atoms with Crippen LogP contribution < -0.4 is 10.6 Å². The van der Waals surface area contributed by atoms with Gasteiger partial charge in [0.25, 0.3) is 0 Å². The summed E-state index contributed by atoms with van der Waals surface area (Å²) in [5.41, 5.74) is 3.71. The van der Waals surface area contributed by atoms with Gasteiger partial charge >= 0.3 is 0 Å². The van der Waals surface area contributed by atoms with Gasteiger partial charge in [0.15, 0.2) is 0 Å². The van der Waals surface area contributed by atoms with E-state index in [9.17, 15) is 0 Å². The first kappa shape index (κ1) is 22.9. The SMILES string of the molecule is Cc1nnn(C)c1C1CNC2C3CCNC(Cl)C3N([C@H](c3ccccc3)C3CCOCC3)C2C1. The third-order valence-electron chi connectivity index (χ3n) is 8.89. The number of ether oxygens (including phenoxy) is 1. The van der Waals surface area contributed by atoms with E-state index in [4.69, 9.17) is 16.3 Å². The van der Waals surface area contributed by atoms with E-state index in [2.05, 4.69) is 63.1 Å². The summed E-state index contributed by atoms with van der Waals surface area (Å²) in [5, 5.41) is 16.3. The van der Waals surface area contributed by atoms with E-state index in [1.165, 1.54) is 17.7 Å². The smallest absolute Gasteiger partial charge is 0.0986 e. The normalized spacial score (nSPS) is 35.6. The highest BCUT2D eigenvalue weighted by Crippen LogP contribution is 2.50. The molecule has 6 unspecified atom stereocenters. The van der Waals surface area contributed by atoms with Crippen molar-refractivity contribution in [1.29, 1.82) is 0 Å². The lowest BCUT2D eigenvalue weighted by Crippen LogP contribution is -2.54. The van der Waals surface area contributed by atoms with Crippen molar-refractivity contribution >= 4 is 11.6 Å². The van der Waals surface area contributed by atoms with Gasteiger partial charge in [-0.15, -0.1) is 16.7 Å². The highest BCUT2D eigenvalue weighted by molar-refractivity contribution is 6.21. The van der Waals surface area contributed by atoms with Crippen molar-refractivity contribution in [2.75, 3.05) is 26.3 Å². The van der Waals surface area contributed by atoms with Crippen LogP contribution in [0.15, 0.2) is 30.3 Å². The first-order chi connectivity index (χ1) is 16.6. The fourth-order valence-electron chi connectivity index (χ4n) is 7.56. The Hall–Kier alpha value is -1.51. The third-order valence-corrected chi connectivity index (χ3v) is 9.31. The molecule has 4 saturated heterocycles. The minimum Gasteiger partial charge on any atom is -0.381 e. The molecule has 0 spiro atoms. The lowest BCUT2D eigenvalue weighted by molar-refractivity contribution is -0.00375. The van der Waals surface area contributed by atoms with Gasteiger partial charge in [0.05, 0.1) is 16.9 Å². The molecular weight excluding hydrogens is 448 g/mol. The monoisotopic (exact) mass is 484 g/mol. The molecule has 4 aliphatic heterocycles. The van der Waals surface area contributed by atoms with Crippen LogP contribution in [-0.2, 0) is 11.8 Å². The minimum absolute atomic E-state index is 0.0317. The van der Waals surface area contributed by atoms with Crippen molar-refractivity contribution in [2.24, 2.45) is 18.9 Å². The number of likely N-dealkylation sites (tertiary alicyclic amines) is 1. The van der Waals surface area contributed by atoms with Crippen LogP contribution in [0.1, 0.15) is 54.6 Å². The van der Waals surface area contributed by atoms with Crippen LogP contribution in [0.25, 0.3) is 0 Å². The summed E-state index contributed by atoms with van der Waals surface area (Å²) in [5.74, 6) is 1.53. The first-order valence-electron chi connectivity index (χ1n) is 13.0. The van der Waals surface area contributed by atoms with E-state index in [-0.39, 0.29) is 5.50 Å². The van der Waals surface area contributed by atoms with E-state index in [1.807, 2.05) is 11.7 Å². The van der Waals surface area contributed by atoms with E-state index >= 15 is 0 Å². The largest absolute Gasteiger partial charge is 0.381 e. The molecule has 0 saturated carbocycles. The second-order valence-electron chi connectivity index (χ2n) is 10.7. The van der Waals surface area contributed by atoms with E-state index in [1.54, 1.807) is 0 Å². The van der Waals surface area contributed by atoms with Crippen molar-refractivity contribution in [3.05, 3.63) is 47.3 Å². The number of aryl methyl sites for hydroxylation is 2. The summed E-state index contributed by atoms with van der Waals surface area (Å²) in [6.45, 7) is 5.78. The summed E-state index contributed by atoms with van der Waals surface area (Å²) in [6.07, 6.45) is 4.49. The van der Waals surface area contributed by atoms with Crippen LogP contribution in [0.5, 0.6) is 0 Å². The van der Waals surface area contributed by atoms with Crippen LogP contribution in [0.3, 0.4) is 0 Å². The number of fused-ring (bicyclic) bond motifs is 3. The third kappa shape index (κ3) is 3.90. The maximum Gasteiger partial charge on any atom is 0.0986 e. The molecule has 8 heteroatoms. The Morgan fingerprint density at radius 3 is 2.65 bits per heavy atom. The number of piperidine rings is 2. The molecule has 2 N–H and O–H groups in total. The van der Waals surface area contributed by atoms with Gasteiger partial charge < -0.3 is 10.1 Å². The average Bonchev–Trinajstić information content (AvgIpc) is 3.38. The molecule has 0 amide bonds. The fourth-order valence-corrected chi connectivity index (χ4v) is 7.98. The highest BCUT2D eigenvalue weighted by Gasteiger charge is 2.57. The number of benzene rings is 1. The Bertz CT molecular complexity index is 959. The molecular formula is C26H37ClN6O. The maximum atomic E-state index is 7.10. The van der Waals surface area contributed by atoms with E-state index in [0.717, 1.165) is 51.3 Å². The Balaban J connectivity index is 1.41. The molecule has 5 heterocycles. The zero-order valence-electron chi connectivity index (χ0n) is 20.2. The minimum atomic E-state index is -0.0317. The zero-order chi connectivity index (χ0) is 23.2. The number of rotatable bonds is 4. The Morgan fingerprint density at radius 2 is 1.91 bits per heavy atom. The second-order valence-corrected chi connectivity index (χ2v) is 11.1. The number of alkyl halides is 1. The number of hydrogen-bond acceptors (Lipinski definition) is 6. The molecule has 7 atom stereocenters. The number of hydrogen-bond donors (Lipinski definition) is 2. The molecule has 2 aromatic rings. The summed E-state index contributed by atoms with van der Waals surface area (Å²) in [7, 11) is 2.03. The van der Waals surface area contributed by atoms with Crippen LogP contribution in [0, 0.1) is 18.8 Å². The van der Waals surface area contributed by atoms with Gasteiger partial charge in [0.2, 0.25) is 0 Å². The molecule has 0 bridgehead atoms. The Labute approximate surface area is 207 Å². The molecule has 1 aromatic carbocycles. The highest BCUT2D eigenvalue weighted by atomic mass is 35.5. The average molecular weight is 485 g/mol. The van der Waals surface area contributed by atoms with Crippen molar-refractivity contribution < 1.29 is 4.74 Å². The molecule has 184 valence electrons. The van der Waals surface area contributed by atoms with E-state index in [0.29, 0.717) is 41.9 Å². The van der Waals surface area contributed by atoms with Gasteiger partial charge in [0.1, 0.15) is 0 Å². The molecule has 6 rings (SSSR count). The number of nitrogens with one attached hydrogen (secondary N) is 2. The predicted octanol–water partition coefficient (Wildman–Crippen LogP) is 2.96. The first-order valence-corrected chi connectivity index (χ1v) is 13.4. The molecule has 4 fully saturated rings. The van der Waals surface area contributed by atoms with Gasteiger partial charge in [-0.3, -0.25) is 14.9 Å². The van der Waals surface area contributed by atoms with E-state index < -0.39 is 0 Å². The quantitative estimate of drug-likeness (QED) is 0.513. The molecule has 0 radical (unpaired) electrons. The number of halogens is 1. The fraction of sp³-hybridized carbons (Fsp3) is 0.692. The topological polar surface area (TPSA) is 67.2 Å². The number of nitrogens with zero attached hydrogens (tertiary/aromatic N) is 4. The molecule has 1 aromatic heterocycles. The second kappa shape index (κ2) is 9.51. The summed E-state index contributed by atoms with van der Waals surface area (Å²) in [6, 6.07) is 12.7. The molecule has 34 heavy (non-hydrogen) atoms. The zero-order valence-corrected chi connectivity index (χ0v) is 21.0. The van der Waals surface area contributed by atoms with Gasteiger partial charge in [-0.25, -0.2) is 0 Å². The molecule has 4 aliphatic rings. The Morgan fingerprint density at radius 1 is 1.12 bits per heavy atom. The van der Waals surface area contributed by atoms with Crippen molar-refractivity contribution in [3.8, 4) is 0 Å².